The lowest BCUT2D eigenvalue weighted by Gasteiger charge is -2.24. The Kier molecular flexibility index (Phi) is 1.01. The van der Waals surface area contributed by atoms with E-state index in [-0.39, 0.29) is 0 Å². The Morgan fingerprint density at radius 2 is 2.44 bits per heavy atom. The van der Waals surface area contributed by atoms with E-state index in [0.29, 0.717) is 6.04 Å². The van der Waals surface area contributed by atoms with Gasteiger partial charge in [-0.15, -0.1) is 5.10 Å². The van der Waals surface area contributed by atoms with E-state index in [0.717, 1.165) is 0 Å². The molecule has 0 saturated heterocycles. The van der Waals surface area contributed by atoms with Crippen LogP contribution in [-0.2, 0) is 0 Å². The third-order valence-corrected chi connectivity index (χ3v) is 1.84. The molecule has 0 unspecified atom stereocenters. The summed E-state index contributed by atoms with van der Waals surface area (Å²) < 4.78 is 1.89. The van der Waals surface area contributed by atoms with Crippen LogP contribution in [0.15, 0.2) is 6.33 Å². The average molecular weight is 122 g/mol. The fraction of sp³-hybridized carbons (Fsp3) is 0.667. The topological polar surface area (TPSA) is 30.7 Å². The van der Waals surface area contributed by atoms with Gasteiger partial charge >= 0.3 is 0 Å². The molecule has 0 bridgehead atoms. The maximum Gasteiger partial charge on any atom is 0.220 e. The second-order valence-corrected chi connectivity index (χ2v) is 2.41. The molecule has 3 nitrogen and oxygen atoms in total. The quantitative estimate of drug-likeness (QED) is 0.551. The molecule has 0 aromatic carbocycles. The van der Waals surface area contributed by atoms with Crippen molar-refractivity contribution in [3.8, 4) is 0 Å². The summed E-state index contributed by atoms with van der Waals surface area (Å²) in [5.74, 6) is 0. The summed E-state index contributed by atoms with van der Waals surface area (Å²) in [6, 6.07) is 0.628. The van der Waals surface area contributed by atoms with E-state index < -0.39 is 0 Å². The van der Waals surface area contributed by atoms with Crippen molar-refractivity contribution in [3.63, 3.8) is 0 Å². The van der Waals surface area contributed by atoms with Crippen LogP contribution in [0.5, 0.6) is 0 Å². The first-order chi connectivity index (χ1) is 4.47. The van der Waals surface area contributed by atoms with Crippen LogP contribution in [0.25, 0.3) is 0 Å². The van der Waals surface area contributed by atoms with E-state index >= 15 is 0 Å². The third-order valence-electron chi connectivity index (χ3n) is 1.84. The number of nitrogens with zero attached hydrogens (tertiary/aromatic N) is 3. The van der Waals surface area contributed by atoms with E-state index in [1.54, 1.807) is 6.33 Å². The lowest BCUT2D eigenvalue weighted by Crippen LogP contribution is -2.16. The molecular weight excluding hydrogens is 114 g/mol. The zero-order valence-corrected chi connectivity index (χ0v) is 5.12. The first-order valence-corrected chi connectivity index (χ1v) is 3.24. The van der Waals surface area contributed by atoms with Gasteiger partial charge in [-0.1, -0.05) is 0 Å². The number of hydrogen-bond acceptors (Lipinski definition) is 2. The minimum Gasteiger partial charge on any atom is -0.249 e. The molecule has 0 aliphatic heterocycles. The highest BCUT2D eigenvalue weighted by Crippen LogP contribution is 2.29. The maximum absolute atomic E-state index is 3.92. The number of rotatable bonds is 1. The van der Waals surface area contributed by atoms with Crippen LogP contribution in [0.4, 0.5) is 0 Å². The van der Waals surface area contributed by atoms with Gasteiger partial charge in [0.1, 0.15) is 6.33 Å². The Hall–Kier alpha value is -0.860. The van der Waals surface area contributed by atoms with Crippen LogP contribution in [0, 0.1) is 6.33 Å². The van der Waals surface area contributed by atoms with Gasteiger partial charge < -0.3 is 0 Å². The molecule has 47 valence electrons. The van der Waals surface area contributed by atoms with E-state index in [1.165, 1.54) is 19.3 Å². The minimum absolute atomic E-state index is 0.628. The van der Waals surface area contributed by atoms with E-state index in [4.69, 9.17) is 0 Å². The van der Waals surface area contributed by atoms with Crippen LogP contribution in [0.3, 0.4) is 0 Å². The van der Waals surface area contributed by atoms with Gasteiger partial charge in [0.25, 0.3) is 0 Å². The first kappa shape index (κ1) is 4.97. The molecule has 2 rings (SSSR count). The molecular formula is C6H8N3. The molecule has 1 radical (unpaired) electrons. The Bertz CT molecular complexity index is 176. The largest absolute Gasteiger partial charge is 0.249 e. The molecule has 1 saturated carbocycles. The fourth-order valence-corrected chi connectivity index (χ4v) is 1.02. The van der Waals surface area contributed by atoms with Crippen LogP contribution >= 0.6 is 0 Å². The second-order valence-electron chi connectivity index (χ2n) is 2.41. The van der Waals surface area contributed by atoms with Crippen LogP contribution < -0.4 is 0 Å². The van der Waals surface area contributed by atoms with Gasteiger partial charge in [-0.3, -0.25) is 0 Å². The summed E-state index contributed by atoms with van der Waals surface area (Å²) in [6.45, 7) is 0. The zero-order valence-electron chi connectivity index (χ0n) is 5.12. The highest BCUT2D eigenvalue weighted by molar-refractivity contribution is 4.75. The standard InChI is InChI=1S/C6H8N3/c1-2-6(3-1)9-5-7-4-8-9/h5-6H,1-3H2. The Labute approximate surface area is 53.7 Å². The zero-order chi connectivity index (χ0) is 6.10. The average Bonchev–Trinajstić information content (AvgIpc) is 2.11. The Morgan fingerprint density at radius 3 is 2.89 bits per heavy atom. The molecule has 0 spiro atoms. The van der Waals surface area contributed by atoms with Crippen molar-refractivity contribution in [2.75, 3.05) is 0 Å². The van der Waals surface area contributed by atoms with Gasteiger partial charge in [0, 0.05) is 0 Å². The summed E-state index contributed by atoms with van der Waals surface area (Å²) in [7, 11) is 0. The van der Waals surface area contributed by atoms with Gasteiger partial charge in [-0.05, 0) is 19.3 Å². The van der Waals surface area contributed by atoms with E-state index in [2.05, 4.69) is 16.4 Å². The fourth-order valence-electron chi connectivity index (χ4n) is 1.02. The highest BCUT2D eigenvalue weighted by Gasteiger charge is 2.19. The summed E-state index contributed by atoms with van der Waals surface area (Å²) in [5, 5.41) is 3.92. The summed E-state index contributed by atoms with van der Waals surface area (Å²) in [5.41, 5.74) is 0. The Morgan fingerprint density at radius 1 is 1.56 bits per heavy atom. The normalized spacial score (nSPS) is 19.6. The van der Waals surface area contributed by atoms with Crippen LogP contribution in [-0.4, -0.2) is 14.8 Å². The molecule has 1 fully saturated rings. The summed E-state index contributed by atoms with van der Waals surface area (Å²) >= 11 is 0. The molecule has 3 heteroatoms. The van der Waals surface area contributed by atoms with Crippen molar-refractivity contribution in [2.45, 2.75) is 25.3 Å². The van der Waals surface area contributed by atoms with Crippen LogP contribution in [0.2, 0.25) is 0 Å². The first-order valence-electron chi connectivity index (χ1n) is 3.24. The molecule has 9 heavy (non-hydrogen) atoms. The third kappa shape index (κ3) is 0.724. The molecule has 1 aliphatic carbocycles. The van der Waals surface area contributed by atoms with E-state index in [9.17, 15) is 0 Å². The van der Waals surface area contributed by atoms with Crippen molar-refractivity contribution >= 4 is 0 Å². The molecule has 1 aromatic rings. The molecule has 0 N–H and O–H groups in total. The van der Waals surface area contributed by atoms with E-state index in [1.807, 2.05) is 4.68 Å². The van der Waals surface area contributed by atoms with Gasteiger partial charge in [0.15, 0.2) is 0 Å². The Balaban J connectivity index is 2.14. The lowest BCUT2D eigenvalue weighted by molar-refractivity contribution is 0.288. The van der Waals surface area contributed by atoms with Crippen LogP contribution in [0.1, 0.15) is 25.3 Å². The summed E-state index contributed by atoms with van der Waals surface area (Å²) in [4.78, 5) is 3.75. The molecule has 1 heterocycles. The van der Waals surface area contributed by atoms with Crippen molar-refractivity contribution in [1.82, 2.24) is 14.8 Å². The monoisotopic (exact) mass is 122 g/mol. The van der Waals surface area contributed by atoms with Gasteiger partial charge in [-0.2, -0.15) is 0 Å². The summed E-state index contributed by atoms with van der Waals surface area (Å²) in [6.07, 6.45) is 8.14. The number of aromatic nitrogens is 3. The molecule has 0 amide bonds. The second kappa shape index (κ2) is 1.83. The SMILES string of the molecule is [c]1ncn(C2CCC2)n1. The van der Waals surface area contributed by atoms with Crippen molar-refractivity contribution in [3.05, 3.63) is 12.7 Å². The van der Waals surface area contributed by atoms with Crippen molar-refractivity contribution < 1.29 is 0 Å². The molecule has 1 aromatic heterocycles. The molecule has 0 atom stereocenters. The van der Waals surface area contributed by atoms with Crippen molar-refractivity contribution in [1.29, 1.82) is 0 Å². The molecule has 1 aliphatic rings. The van der Waals surface area contributed by atoms with Crippen molar-refractivity contribution in [2.24, 2.45) is 0 Å². The number of hydrogen-bond donors (Lipinski definition) is 0. The predicted molar refractivity (Wildman–Crippen MR) is 31.7 cm³/mol. The van der Waals surface area contributed by atoms with Gasteiger partial charge in [-0.25, -0.2) is 9.67 Å². The minimum atomic E-state index is 0.628. The van der Waals surface area contributed by atoms with Gasteiger partial charge in [0.2, 0.25) is 6.33 Å². The lowest BCUT2D eigenvalue weighted by atomic mass is 9.94. The maximum atomic E-state index is 3.92. The smallest absolute Gasteiger partial charge is 0.220 e. The highest BCUT2D eigenvalue weighted by atomic mass is 15.3. The predicted octanol–water partition coefficient (Wildman–Crippen LogP) is 0.803. The van der Waals surface area contributed by atoms with Gasteiger partial charge in [0.05, 0.1) is 6.04 Å².